The van der Waals surface area contributed by atoms with Gasteiger partial charge in [-0.25, -0.2) is 0 Å². The van der Waals surface area contributed by atoms with Crippen LogP contribution < -0.4 is 5.32 Å². The van der Waals surface area contributed by atoms with Crippen molar-refractivity contribution in [2.75, 3.05) is 0 Å². The molecule has 1 aromatic heterocycles. The van der Waals surface area contributed by atoms with Gasteiger partial charge in [0, 0.05) is 10.7 Å². The number of rotatable bonds is 5. The molecule has 1 amide bonds. The fourth-order valence-electron chi connectivity index (χ4n) is 2.04. The largest absolute Gasteiger partial charge is 0.349 e. The molecule has 0 bridgehead atoms. The Bertz CT molecular complexity index is 526. The maximum Gasteiger partial charge on any atom is 0.261 e. The van der Waals surface area contributed by atoms with Crippen LogP contribution in [0.1, 0.15) is 43.3 Å². The van der Waals surface area contributed by atoms with Crippen molar-refractivity contribution < 1.29 is 4.79 Å². The molecular weight excluding hydrogens is 254 g/mol. The average Bonchev–Trinajstić information content (AvgIpc) is 2.80. The summed E-state index contributed by atoms with van der Waals surface area (Å²) in [6.07, 6.45) is 2.18. The molecule has 0 saturated heterocycles. The summed E-state index contributed by atoms with van der Waals surface area (Å²) in [5, 5.41) is 4.23. The van der Waals surface area contributed by atoms with Gasteiger partial charge in [0.05, 0.1) is 4.88 Å². The first-order valence-electron chi connectivity index (χ1n) is 6.85. The van der Waals surface area contributed by atoms with Crippen LogP contribution in [0.5, 0.6) is 0 Å². The molecule has 1 unspecified atom stereocenters. The van der Waals surface area contributed by atoms with E-state index in [0.717, 1.165) is 23.1 Å². The van der Waals surface area contributed by atoms with Gasteiger partial charge < -0.3 is 5.32 Å². The average molecular weight is 275 g/mol. The molecule has 1 N–H and O–H groups in total. The monoisotopic (exact) mass is 275 g/mol. The van der Waals surface area contributed by atoms with Crippen molar-refractivity contribution in [1.29, 1.82) is 0 Å². The zero-order valence-corrected chi connectivity index (χ0v) is 12.6. The lowest BCUT2D eigenvalue weighted by Gasteiger charge is -2.14. The summed E-state index contributed by atoms with van der Waals surface area (Å²) < 4.78 is 1.17. The van der Waals surface area contributed by atoms with Gasteiger partial charge in [-0.1, -0.05) is 32.0 Å². The van der Waals surface area contributed by atoms with E-state index < -0.39 is 0 Å². The number of hydrogen-bond donors (Lipinski definition) is 1. The molecular formula is C16H21NOS. The Hall–Kier alpha value is -1.35. The van der Waals surface area contributed by atoms with Crippen LogP contribution in [-0.2, 0) is 0 Å². The molecule has 19 heavy (non-hydrogen) atoms. The van der Waals surface area contributed by atoms with Crippen LogP contribution in [0.2, 0.25) is 0 Å². The standard InChI is InChI=1S/C16H21NOS/c1-11(2)8-9-12(3)17-16(18)15-10-13-6-4-5-7-14(13)19-15/h4-7,10-12H,8-9H2,1-3H3,(H,17,18). The van der Waals surface area contributed by atoms with Crippen molar-refractivity contribution in [3.63, 3.8) is 0 Å². The number of thiophene rings is 1. The number of nitrogens with one attached hydrogen (secondary N) is 1. The highest BCUT2D eigenvalue weighted by Crippen LogP contribution is 2.25. The van der Waals surface area contributed by atoms with Gasteiger partial charge in [-0.3, -0.25) is 4.79 Å². The lowest BCUT2D eigenvalue weighted by Crippen LogP contribution is -2.32. The second-order valence-corrected chi connectivity index (χ2v) is 6.58. The fraction of sp³-hybridized carbons (Fsp3) is 0.438. The van der Waals surface area contributed by atoms with Gasteiger partial charge in [0.2, 0.25) is 0 Å². The minimum atomic E-state index is 0.0532. The molecule has 0 radical (unpaired) electrons. The molecule has 1 atom stereocenters. The molecule has 102 valence electrons. The summed E-state index contributed by atoms with van der Waals surface area (Å²) in [4.78, 5) is 13.0. The Kier molecular flexibility index (Phi) is 4.59. The van der Waals surface area contributed by atoms with Gasteiger partial charge in [-0.2, -0.15) is 0 Å². The lowest BCUT2D eigenvalue weighted by atomic mass is 10.0. The number of hydrogen-bond acceptors (Lipinski definition) is 2. The molecule has 0 aliphatic carbocycles. The quantitative estimate of drug-likeness (QED) is 0.858. The van der Waals surface area contributed by atoms with Crippen LogP contribution in [0.3, 0.4) is 0 Å². The summed E-state index contributed by atoms with van der Waals surface area (Å²) in [7, 11) is 0. The highest BCUT2D eigenvalue weighted by molar-refractivity contribution is 7.20. The topological polar surface area (TPSA) is 29.1 Å². The summed E-state index contributed by atoms with van der Waals surface area (Å²) in [6, 6.07) is 10.3. The third-order valence-corrected chi connectivity index (χ3v) is 4.32. The van der Waals surface area contributed by atoms with Gasteiger partial charge in [0.25, 0.3) is 5.91 Å². The number of benzene rings is 1. The highest BCUT2D eigenvalue weighted by atomic mass is 32.1. The van der Waals surface area contributed by atoms with E-state index in [-0.39, 0.29) is 11.9 Å². The molecule has 0 aliphatic rings. The van der Waals surface area contributed by atoms with Crippen molar-refractivity contribution in [2.45, 2.75) is 39.7 Å². The van der Waals surface area contributed by atoms with Crippen molar-refractivity contribution in [3.05, 3.63) is 35.2 Å². The van der Waals surface area contributed by atoms with Crippen LogP contribution in [0, 0.1) is 5.92 Å². The SMILES string of the molecule is CC(C)CCC(C)NC(=O)c1cc2ccccc2s1. The van der Waals surface area contributed by atoms with Crippen LogP contribution in [-0.4, -0.2) is 11.9 Å². The van der Waals surface area contributed by atoms with E-state index in [9.17, 15) is 4.79 Å². The third kappa shape index (κ3) is 3.80. The zero-order valence-electron chi connectivity index (χ0n) is 11.8. The van der Waals surface area contributed by atoms with Crippen molar-refractivity contribution in [2.24, 2.45) is 5.92 Å². The Morgan fingerprint density at radius 3 is 2.63 bits per heavy atom. The molecule has 2 nitrogen and oxygen atoms in total. The van der Waals surface area contributed by atoms with Crippen molar-refractivity contribution in [1.82, 2.24) is 5.32 Å². The molecule has 1 heterocycles. The summed E-state index contributed by atoms with van der Waals surface area (Å²) >= 11 is 1.56. The summed E-state index contributed by atoms with van der Waals surface area (Å²) in [5.41, 5.74) is 0. The molecule has 2 aromatic rings. The molecule has 1 aromatic carbocycles. The second-order valence-electron chi connectivity index (χ2n) is 5.49. The number of carbonyl (C=O) groups excluding carboxylic acids is 1. The molecule has 0 spiro atoms. The first-order valence-corrected chi connectivity index (χ1v) is 7.67. The number of carbonyl (C=O) groups is 1. The minimum absolute atomic E-state index is 0.0532. The van der Waals surface area contributed by atoms with Crippen LogP contribution in [0.25, 0.3) is 10.1 Å². The van der Waals surface area contributed by atoms with Crippen LogP contribution >= 0.6 is 11.3 Å². The number of amides is 1. The Balaban J connectivity index is 1.99. The summed E-state index contributed by atoms with van der Waals surface area (Å²) in [6.45, 7) is 6.49. The predicted octanol–water partition coefficient (Wildman–Crippen LogP) is 4.46. The smallest absolute Gasteiger partial charge is 0.261 e. The van der Waals surface area contributed by atoms with E-state index >= 15 is 0 Å². The first kappa shape index (κ1) is 14.1. The normalized spacial score (nSPS) is 12.8. The number of fused-ring (bicyclic) bond motifs is 1. The van der Waals surface area contributed by atoms with Gasteiger partial charge in [0.1, 0.15) is 0 Å². The lowest BCUT2D eigenvalue weighted by molar-refractivity contribution is 0.0941. The Labute approximate surface area is 118 Å². The van der Waals surface area contributed by atoms with Crippen LogP contribution in [0.15, 0.2) is 30.3 Å². The third-order valence-electron chi connectivity index (χ3n) is 3.20. The maximum atomic E-state index is 12.2. The van der Waals surface area contributed by atoms with E-state index in [1.54, 1.807) is 11.3 Å². The predicted molar refractivity (Wildman–Crippen MR) is 82.8 cm³/mol. The Morgan fingerprint density at radius 1 is 1.21 bits per heavy atom. The van der Waals surface area contributed by atoms with E-state index in [1.807, 2.05) is 24.3 Å². The van der Waals surface area contributed by atoms with Gasteiger partial charge in [-0.15, -0.1) is 11.3 Å². The second kappa shape index (κ2) is 6.20. The van der Waals surface area contributed by atoms with Crippen molar-refractivity contribution >= 4 is 27.3 Å². The molecule has 2 rings (SSSR count). The van der Waals surface area contributed by atoms with Gasteiger partial charge in [-0.05, 0) is 43.2 Å². The molecule has 3 heteroatoms. The summed E-state index contributed by atoms with van der Waals surface area (Å²) in [5.74, 6) is 0.737. The van der Waals surface area contributed by atoms with Gasteiger partial charge in [0.15, 0.2) is 0 Å². The zero-order chi connectivity index (χ0) is 13.8. The molecule has 0 saturated carbocycles. The van der Waals surface area contributed by atoms with E-state index in [0.29, 0.717) is 5.92 Å². The molecule has 0 fully saturated rings. The van der Waals surface area contributed by atoms with Crippen molar-refractivity contribution in [3.8, 4) is 0 Å². The maximum absolute atomic E-state index is 12.2. The fourth-order valence-corrected chi connectivity index (χ4v) is 3.01. The van der Waals surface area contributed by atoms with Gasteiger partial charge >= 0.3 is 0 Å². The molecule has 0 aliphatic heterocycles. The first-order chi connectivity index (χ1) is 9.06. The minimum Gasteiger partial charge on any atom is -0.349 e. The van der Waals surface area contributed by atoms with E-state index in [2.05, 4.69) is 32.2 Å². The Morgan fingerprint density at radius 2 is 1.95 bits per heavy atom. The van der Waals surface area contributed by atoms with E-state index in [1.165, 1.54) is 4.70 Å². The highest BCUT2D eigenvalue weighted by Gasteiger charge is 2.13. The van der Waals surface area contributed by atoms with E-state index in [4.69, 9.17) is 0 Å². The van der Waals surface area contributed by atoms with Crippen LogP contribution in [0.4, 0.5) is 0 Å².